The lowest BCUT2D eigenvalue weighted by Gasteiger charge is -2.03. The number of anilines is 1. The molecule has 1 aromatic carbocycles. The van der Waals surface area contributed by atoms with Gasteiger partial charge in [0.15, 0.2) is 0 Å². The molecule has 0 atom stereocenters. The SMILES string of the molecule is O=[N+]([O-])c1c(NCc2cccc(F)c2)nc2sccn12. The molecular formula is C12H9FN4O2S. The number of rotatable bonds is 4. The molecule has 20 heavy (non-hydrogen) atoms. The predicted molar refractivity (Wildman–Crippen MR) is 73.5 cm³/mol. The topological polar surface area (TPSA) is 72.5 Å². The van der Waals surface area contributed by atoms with Crippen molar-refractivity contribution in [2.45, 2.75) is 6.54 Å². The fourth-order valence-electron chi connectivity index (χ4n) is 1.90. The third-order valence-electron chi connectivity index (χ3n) is 2.76. The van der Waals surface area contributed by atoms with Gasteiger partial charge in [-0.1, -0.05) is 23.5 Å². The van der Waals surface area contributed by atoms with E-state index in [1.807, 2.05) is 0 Å². The maximum Gasteiger partial charge on any atom is 0.372 e. The van der Waals surface area contributed by atoms with Crippen LogP contribution in [0.4, 0.5) is 16.0 Å². The van der Waals surface area contributed by atoms with E-state index in [0.717, 1.165) is 0 Å². The fraction of sp³-hybridized carbons (Fsp3) is 0.0833. The maximum atomic E-state index is 13.1. The number of halogens is 1. The van der Waals surface area contributed by atoms with E-state index < -0.39 is 4.92 Å². The van der Waals surface area contributed by atoms with Crippen LogP contribution in [0.3, 0.4) is 0 Å². The average molecular weight is 292 g/mol. The molecule has 0 saturated carbocycles. The van der Waals surface area contributed by atoms with Gasteiger partial charge < -0.3 is 15.4 Å². The van der Waals surface area contributed by atoms with Crippen molar-refractivity contribution in [2.75, 3.05) is 5.32 Å². The normalized spacial score (nSPS) is 10.8. The number of nitro groups is 1. The molecule has 0 saturated heterocycles. The van der Waals surface area contributed by atoms with Crippen LogP contribution in [0.25, 0.3) is 4.96 Å². The predicted octanol–water partition coefficient (Wildman–Crippen LogP) is 3.06. The van der Waals surface area contributed by atoms with Gasteiger partial charge in [-0.25, -0.2) is 4.39 Å². The molecule has 0 aliphatic rings. The molecule has 3 aromatic rings. The van der Waals surface area contributed by atoms with E-state index in [2.05, 4.69) is 10.3 Å². The molecule has 0 unspecified atom stereocenters. The van der Waals surface area contributed by atoms with Crippen LogP contribution in [0.5, 0.6) is 0 Å². The van der Waals surface area contributed by atoms with Crippen molar-refractivity contribution < 1.29 is 9.31 Å². The largest absolute Gasteiger partial charge is 0.372 e. The number of aromatic nitrogens is 2. The summed E-state index contributed by atoms with van der Waals surface area (Å²) >= 11 is 1.31. The molecule has 2 heterocycles. The van der Waals surface area contributed by atoms with E-state index in [4.69, 9.17) is 0 Å². The summed E-state index contributed by atoms with van der Waals surface area (Å²) in [5, 5.41) is 15.7. The molecule has 0 aliphatic carbocycles. The lowest BCUT2D eigenvalue weighted by Crippen LogP contribution is -2.03. The smallest absolute Gasteiger partial charge is 0.359 e. The van der Waals surface area contributed by atoms with E-state index in [-0.39, 0.29) is 24.0 Å². The molecular weight excluding hydrogens is 283 g/mol. The summed E-state index contributed by atoms with van der Waals surface area (Å²) < 4.78 is 14.5. The molecule has 0 aliphatic heterocycles. The van der Waals surface area contributed by atoms with Crippen molar-refractivity contribution in [3.05, 3.63) is 57.3 Å². The van der Waals surface area contributed by atoms with Gasteiger partial charge in [-0.2, -0.15) is 9.38 Å². The molecule has 0 amide bonds. The number of nitrogens with one attached hydrogen (secondary N) is 1. The lowest BCUT2D eigenvalue weighted by molar-refractivity contribution is -0.389. The van der Waals surface area contributed by atoms with E-state index in [1.165, 1.54) is 27.9 Å². The van der Waals surface area contributed by atoms with Gasteiger partial charge in [-0.15, -0.1) is 0 Å². The number of fused-ring (bicyclic) bond motifs is 1. The Balaban J connectivity index is 1.89. The van der Waals surface area contributed by atoms with Crippen molar-refractivity contribution in [1.82, 2.24) is 9.38 Å². The van der Waals surface area contributed by atoms with Gasteiger partial charge >= 0.3 is 5.82 Å². The molecule has 8 heteroatoms. The van der Waals surface area contributed by atoms with Gasteiger partial charge in [-0.05, 0) is 22.6 Å². The van der Waals surface area contributed by atoms with Crippen molar-refractivity contribution in [3.63, 3.8) is 0 Å². The zero-order chi connectivity index (χ0) is 14.1. The quantitative estimate of drug-likeness (QED) is 0.592. The first-order valence-electron chi connectivity index (χ1n) is 5.73. The van der Waals surface area contributed by atoms with Crippen LogP contribution in [0.2, 0.25) is 0 Å². The van der Waals surface area contributed by atoms with Crippen LogP contribution in [0, 0.1) is 15.9 Å². The summed E-state index contributed by atoms with van der Waals surface area (Å²) in [6.45, 7) is 0.267. The second-order valence-corrected chi connectivity index (χ2v) is 4.95. The molecule has 6 nitrogen and oxygen atoms in total. The zero-order valence-electron chi connectivity index (χ0n) is 10.1. The van der Waals surface area contributed by atoms with Crippen molar-refractivity contribution in [3.8, 4) is 0 Å². The Morgan fingerprint density at radius 3 is 3.10 bits per heavy atom. The first-order chi connectivity index (χ1) is 9.65. The van der Waals surface area contributed by atoms with Gasteiger partial charge in [0.25, 0.3) is 4.96 Å². The highest BCUT2D eigenvalue weighted by atomic mass is 32.1. The van der Waals surface area contributed by atoms with Crippen LogP contribution in [-0.4, -0.2) is 14.3 Å². The van der Waals surface area contributed by atoms with Gasteiger partial charge in [0, 0.05) is 11.9 Å². The third kappa shape index (κ3) is 2.21. The summed E-state index contributed by atoms with van der Waals surface area (Å²) in [6.07, 6.45) is 1.60. The van der Waals surface area contributed by atoms with Crippen molar-refractivity contribution >= 4 is 27.9 Å². The highest BCUT2D eigenvalue weighted by Gasteiger charge is 2.23. The van der Waals surface area contributed by atoms with Gasteiger partial charge in [0.1, 0.15) is 12.0 Å². The monoisotopic (exact) mass is 292 g/mol. The van der Waals surface area contributed by atoms with Crippen molar-refractivity contribution in [2.24, 2.45) is 0 Å². The highest BCUT2D eigenvalue weighted by molar-refractivity contribution is 7.15. The van der Waals surface area contributed by atoms with Gasteiger partial charge in [-0.3, -0.25) is 0 Å². The van der Waals surface area contributed by atoms with Crippen LogP contribution >= 0.6 is 11.3 Å². The Bertz CT molecular complexity index is 783. The Hall–Kier alpha value is -2.48. The second-order valence-electron chi connectivity index (χ2n) is 4.08. The standard InChI is InChI=1S/C12H9FN4O2S/c13-9-3-1-2-8(6-9)7-14-10-11(17(18)19)16-4-5-20-12(16)15-10/h1-6,14H,7H2. The lowest BCUT2D eigenvalue weighted by atomic mass is 10.2. The Morgan fingerprint density at radius 1 is 1.50 bits per heavy atom. The van der Waals surface area contributed by atoms with Crippen molar-refractivity contribution in [1.29, 1.82) is 0 Å². The van der Waals surface area contributed by atoms with Crippen LogP contribution in [0.1, 0.15) is 5.56 Å². The van der Waals surface area contributed by atoms with E-state index >= 15 is 0 Å². The fourth-order valence-corrected chi connectivity index (χ4v) is 2.61. The molecule has 0 bridgehead atoms. The number of imidazole rings is 1. The highest BCUT2D eigenvalue weighted by Crippen LogP contribution is 2.28. The molecule has 2 aromatic heterocycles. The number of hydrogen-bond acceptors (Lipinski definition) is 5. The van der Waals surface area contributed by atoms with E-state index in [0.29, 0.717) is 10.5 Å². The summed E-state index contributed by atoms with van der Waals surface area (Å²) in [5.41, 5.74) is 0.690. The number of benzene rings is 1. The molecule has 1 N–H and O–H groups in total. The number of nitrogens with zero attached hydrogens (tertiary/aromatic N) is 3. The molecule has 0 radical (unpaired) electrons. The first kappa shape index (κ1) is 12.5. The van der Waals surface area contributed by atoms with Gasteiger partial charge in [0.05, 0.1) is 0 Å². The average Bonchev–Trinajstić information content (AvgIpc) is 2.95. The van der Waals surface area contributed by atoms with E-state index in [1.54, 1.807) is 23.7 Å². The van der Waals surface area contributed by atoms with Gasteiger partial charge in [0.2, 0.25) is 5.82 Å². The summed E-state index contributed by atoms with van der Waals surface area (Å²) in [5.74, 6) is -0.270. The maximum absolute atomic E-state index is 13.1. The van der Waals surface area contributed by atoms with Crippen LogP contribution < -0.4 is 5.32 Å². The summed E-state index contributed by atoms with van der Waals surface area (Å²) in [4.78, 5) is 15.3. The number of thiazole rings is 1. The first-order valence-corrected chi connectivity index (χ1v) is 6.61. The zero-order valence-corrected chi connectivity index (χ0v) is 10.9. The minimum absolute atomic E-state index is 0.113. The minimum Gasteiger partial charge on any atom is -0.359 e. The molecule has 102 valence electrons. The Kier molecular flexibility index (Phi) is 3.07. The summed E-state index contributed by atoms with van der Waals surface area (Å²) in [6, 6.07) is 6.04. The second kappa shape index (κ2) is 4.89. The molecule has 3 rings (SSSR count). The molecule has 0 fully saturated rings. The third-order valence-corrected chi connectivity index (χ3v) is 3.52. The molecule has 0 spiro atoms. The number of hydrogen-bond donors (Lipinski definition) is 1. The Morgan fingerprint density at radius 2 is 2.35 bits per heavy atom. The Labute approximate surface area is 116 Å². The summed E-state index contributed by atoms with van der Waals surface area (Å²) in [7, 11) is 0. The van der Waals surface area contributed by atoms with E-state index in [9.17, 15) is 14.5 Å². The van der Waals surface area contributed by atoms with Crippen LogP contribution in [-0.2, 0) is 6.54 Å². The minimum atomic E-state index is -0.485. The van der Waals surface area contributed by atoms with Crippen LogP contribution in [0.15, 0.2) is 35.8 Å².